The van der Waals surface area contributed by atoms with Gasteiger partial charge in [-0.1, -0.05) is 290 Å². The molecule has 0 aromatic carbocycles. The first-order valence-electron chi connectivity index (χ1n) is 35.9. The van der Waals surface area contributed by atoms with Crippen LogP contribution in [0.3, 0.4) is 0 Å². The lowest BCUT2D eigenvalue weighted by Gasteiger charge is -2.27. The summed E-state index contributed by atoms with van der Waals surface area (Å²) in [6.07, 6.45) is 92.2. The van der Waals surface area contributed by atoms with E-state index in [1.54, 1.807) is 0 Å². The van der Waals surface area contributed by atoms with E-state index in [1.807, 2.05) is 33.3 Å². The molecule has 0 bridgehead atoms. The number of allylic oxidation sites excluding steroid dienone is 19. The molecule has 87 heavy (non-hydrogen) atoms. The molecule has 0 spiro atoms. The van der Waals surface area contributed by atoms with E-state index in [4.69, 9.17) is 13.8 Å². The zero-order valence-corrected chi connectivity index (χ0v) is 58.1. The highest BCUT2D eigenvalue weighted by Crippen LogP contribution is 2.43. The van der Waals surface area contributed by atoms with Crippen LogP contribution in [0.2, 0.25) is 0 Å². The molecule has 0 aromatic rings. The Morgan fingerprint density at radius 3 is 1.13 bits per heavy atom. The predicted octanol–water partition coefficient (Wildman–Crippen LogP) is 23.0. The summed E-state index contributed by atoms with van der Waals surface area (Å²) in [5.41, 5.74) is 0. The molecular weight excluding hydrogens is 1100 g/mol. The number of hydrogen-bond acceptors (Lipinski definition) is 6. The van der Waals surface area contributed by atoms with Crippen LogP contribution in [0.4, 0.5) is 0 Å². The summed E-state index contributed by atoms with van der Waals surface area (Å²) in [5, 5.41) is 3.05. The second-order valence-corrected chi connectivity index (χ2v) is 26.5. The first kappa shape index (κ1) is 83.4. The van der Waals surface area contributed by atoms with Gasteiger partial charge in [-0.2, -0.15) is 0 Å². The van der Waals surface area contributed by atoms with Crippen LogP contribution in [-0.4, -0.2) is 74.3 Å². The number of quaternary nitrogens is 1. The van der Waals surface area contributed by atoms with Crippen molar-refractivity contribution in [3.63, 3.8) is 0 Å². The first-order chi connectivity index (χ1) is 42.4. The number of unbranched alkanes of at least 4 members (excludes halogenated alkanes) is 30. The quantitative estimate of drug-likeness (QED) is 0.0205. The van der Waals surface area contributed by atoms with Gasteiger partial charge in [-0.05, 0) is 122 Å². The molecule has 1 amide bonds. The number of nitrogens with zero attached hydrogens (tertiary/aromatic N) is 1. The first-order valence-corrected chi connectivity index (χ1v) is 37.4. The maximum atomic E-state index is 13.6. The Kier molecular flexibility index (Phi) is 62.7. The number of carbonyl (C=O) groups is 2. The van der Waals surface area contributed by atoms with Crippen LogP contribution in [0.1, 0.15) is 303 Å². The molecule has 0 aliphatic heterocycles. The molecule has 0 saturated heterocycles. The molecular formula is C77H136N2O7P+. The summed E-state index contributed by atoms with van der Waals surface area (Å²) in [5.74, 6) is -0.536. The lowest BCUT2D eigenvalue weighted by molar-refractivity contribution is -0.870. The van der Waals surface area contributed by atoms with E-state index in [0.29, 0.717) is 23.9 Å². The molecule has 0 heterocycles. The highest BCUT2D eigenvalue weighted by molar-refractivity contribution is 7.47. The lowest BCUT2D eigenvalue weighted by Crippen LogP contribution is -2.47. The molecule has 0 aliphatic carbocycles. The molecule has 0 radical (unpaired) electrons. The molecule has 10 heteroatoms. The standard InChI is InChI=1S/C77H135N2O7P/c1-7-10-13-16-19-22-25-27-29-31-33-35-37-38-39-40-42-44-46-48-50-52-55-58-61-64-67-70-77(81)86-75(68-65-62-59-56-53-24-21-18-15-12-9-3)74(73-85-87(82,83)84-72-71-79(4,5)6)78-76(80)69-66-63-60-57-54-51-49-47-45-43-41-36-34-32-30-28-26-23-20-17-14-11-8-2/h11,14,19-20,22-23,27-30,33-36,43,45,49,51,65,68,74-75H,7-10,12-13,15-18,21,24-26,31-32,37-42,44,46-48,50,52-64,66-67,69-73H2,1-6H3,(H-,78,80,82,83)/p+1/b14-11-,22-19-,23-20-,29-27-,30-28-,35-33-,36-34-,45-43-,51-49-,68-65+. The number of carbonyl (C=O) groups excluding carboxylic acids is 2. The van der Waals surface area contributed by atoms with E-state index in [0.717, 1.165) is 116 Å². The van der Waals surface area contributed by atoms with Crippen molar-refractivity contribution < 1.29 is 37.3 Å². The molecule has 0 fully saturated rings. The topological polar surface area (TPSA) is 111 Å². The van der Waals surface area contributed by atoms with Crippen LogP contribution < -0.4 is 5.32 Å². The Morgan fingerprint density at radius 2 is 0.736 bits per heavy atom. The Hall–Kier alpha value is -3.59. The van der Waals surface area contributed by atoms with Crippen LogP contribution in [-0.2, 0) is 27.9 Å². The Balaban J connectivity index is 5.06. The van der Waals surface area contributed by atoms with Gasteiger partial charge in [-0.25, -0.2) is 4.57 Å². The van der Waals surface area contributed by atoms with Gasteiger partial charge in [0.2, 0.25) is 5.91 Å². The van der Waals surface area contributed by atoms with Gasteiger partial charge in [0.25, 0.3) is 0 Å². The fraction of sp³-hybridized carbons (Fsp3) is 0.714. The van der Waals surface area contributed by atoms with Crippen molar-refractivity contribution in [2.45, 2.75) is 315 Å². The average molecular weight is 1230 g/mol. The minimum Gasteiger partial charge on any atom is -0.456 e. The summed E-state index contributed by atoms with van der Waals surface area (Å²) < 4.78 is 30.8. The second kappa shape index (κ2) is 65.4. The summed E-state index contributed by atoms with van der Waals surface area (Å²) in [7, 11) is 1.47. The van der Waals surface area contributed by atoms with Crippen molar-refractivity contribution in [2.75, 3.05) is 40.9 Å². The number of phosphoric ester groups is 1. The highest BCUT2D eigenvalue weighted by atomic mass is 31.2. The Morgan fingerprint density at radius 1 is 0.414 bits per heavy atom. The summed E-state index contributed by atoms with van der Waals surface area (Å²) >= 11 is 0. The van der Waals surface area contributed by atoms with Crippen molar-refractivity contribution in [1.29, 1.82) is 0 Å². The largest absolute Gasteiger partial charge is 0.472 e. The fourth-order valence-electron chi connectivity index (χ4n) is 9.89. The van der Waals surface area contributed by atoms with Gasteiger partial charge in [0, 0.05) is 12.8 Å². The smallest absolute Gasteiger partial charge is 0.456 e. The molecule has 9 nitrogen and oxygen atoms in total. The van der Waals surface area contributed by atoms with Gasteiger partial charge >= 0.3 is 13.8 Å². The molecule has 3 unspecified atom stereocenters. The number of amides is 1. The van der Waals surface area contributed by atoms with Crippen molar-refractivity contribution in [3.05, 3.63) is 122 Å². The summed E-state index contributed by atoms with van der Waals surface area (Å²) in [6, 6.07) is -0.871. The fourth-order valence-corrected chi connectivity index (χ4v) is 10.6. The van der Waals surface area contributed by atoms with Crippen LogP contribution >= 0.6 is 7.82 Å². The predicted molar refractivity (Wildman–Crippen MR) is 378 cm³/mol. The lowest BCUT2D eigenvalue weighted by atomic mass is 10.0. The number of esters is 1. The average Bonchev–Trinajstić information content (AvgIpc) is 3.70. The minimum absolute atomic E-state index is 0.0293. The molecule has 0 aromatic heterocycles. The van der Waals surface area contributed by atoms with Crippen LogP contribution in [0.25, 0.3) is 0 Å². The van der Waals surface area contributed by atoms with Gasteiger partial charge in [0.15, 0.2) is 0 Å². The van der Waals surface area contributed by atoms with E-state index in [1.165, 1.54) is 148 Å². The molecule has 3 atom stereocenters. The van der Waals surface area contributed by atoms with Crippen molar-refractivity contribution in [2.24, 2.45) is 0 Å². The molecule has 0 saturated carbocycles. The maximum absolute atomic E-state index is 13.6. The van der Waals surface area contributed by atoms with Crippen LogP contribution in [0, 0.1) is 0 Å². The van der Waals surface area contributed by atoms with Crippen molar-refractivity contribution in [3.8, 4) is 0 Å². The van der Waals surface area contributed by atoms with Crippen LogP contribution in [0.15, 0.2) is 122 Å². The molecule has 0 rings (SSSR count). The van der Waals surface area contributed by atoms with E-state index < -0.39 is 20.0 Å². The number of hydrogen-bond donors (Lipinski definition) is 2. The second-order valence-electron chi connectivity index (χ2n) is 25.0. The van der Waals surface area contributed by atoms with Gasteiger partial charge < -0.3 is 19.4 Å². The third-order valence-corrected chi connectivity index (χ3v) is 16.4. The minimum atomic E-state index is -4.47. The Labute approximate surface area is 537 Å². The van der Waals surface area contributed by atoms with Gasteiger partial charge in [0.05, 0.1) is 33.8 Å². The monoisotopic (exact) mass is 1230 g/mol. The van der Waals surface area contributed by atoms with E-state index in [9.17, 15) is 19.0 Å². The number of likely N-dealkylation sites (N-methyl/N-ethyl adjacent to an activating group) is 1. The zero-order valence-electron chi connectivity index (χ0n) is 57.2. The van der Waals surface area contributed by atoms with Gasteiger partial charge in [-0.15, -0.1) is 0 Å². The molecule has 0 aliphatic rings. The van der Waals surface area contributed by atoms with E-state index in [2.05, 4.69) is 135 Å². The van der Waals surface area contributed by atoms with Gasteiger partial charge in [-0.3, -0.25) is 18.6 Å². The SMILES string of the molecule is CC/C=C\C/C=C\C/C=C\C/C=C\C/C=C\C/C=C\CCCCCCC(=O)NC(COP(=O)(O)OCC[N+](C)(C)C)C(/C=C/CCCCCCCCCCC)OC(=O)CCCCCCCCCCCCCCCC/C=C\C/C=C\C/C=C\CCCCC. The van der Waals surface area contributed by atoms with Crippen molar-refractivity contribution in [1.82, 2.24) is 5.32 Å². The van der Waals surface area contributed by atoms with Crippen LogP contribution in [0.5, 0.6) is 0 Å². The number of phosphoric acid groups is 1. The third kappa shape index (κ3) is 66.7. The molecule has 500 valence electrons. The summed E-state index contributed by atoms with van der Waals surface area (Å²) in [6.45, 7) is 6.85. The maximum Gasteiger partial charge on any atom is 0.472 e. The Bertz CT molecular complexity index is 1900. The highest BCUT2D eigenvalue weighted by Gasteiger charge is 2.30. The van der Waals surface area contributed by atoms with E-state index in [-0.39, 0.29) is 31.5 Å². The summed E-state index contributed by atoms with van der Waals surface area (Å²) in [4.78, 5) is 37.9. The van der Waals surface area contributed by atoms with Crippen molar-refractivity contribution >= 4 is 19.7 Å². The third-order valence-electron chi connectivity index (χ3n) is 15.4. The van der Waals surface area contributed by atoms with Gasteiger partial charge in [0.1, 0.15) is 19.3 Å². The number of rotatable bonds is 64. The number of nitrogens with one attached hydrogen (secondary N) is 1. The van der Waals surface area contributed by atoms with E-state index >= 15 is 0 Å². The zero-order chi connectivity index (χ0) is 63.5. The number of ether oxygens (including phenoxy) is 1. The normalized spacial score (nSPS) is 14.2. The molecule has 2 N–H and O–H groups in total.